The molecule has 8 heteroatoms. The van der Waals surface area contributed by atoms with E-state index in [0.29, 0.717) is 11.3 Å². The Morgan fingerprint density at radius 3 is 2.51 bits per heavy atom. The van der Waals surface area contributed by atoms with Crippen LogP contribution < -0.4 is 10.1 Å². The van der Waals surface area contributed by atoms with Gasteiger partial charge in [-0.15, -0.1) is 0 Å². The number of fused-ring (bicyclic) bond motifs is 1. The Kier molecular flexibility index (Phi) is 6.84. The van der Waals surface area contributed by atoms with Gasteiger partial charge in [0.15, 0.2) is 0 Å². The van der Waals surface area contributed by atoms with Crippen LogP contribution in [0.25, 0.3) is 16.6 Å². The Morgan fingerprint density at radius 1 is 1.09 bits per heavy atom. The average Bonchev–Trinajstić information content (AvgIpc) is 3.26. The first-order valence-corrected chi connectivity index (χ1v) is 11.3. The highest BCUT2D eigenvalue weighted by atomic mass is 19.1. The van der Waals surface area contributed by atoms with E-state index in [-0.39, 0.29) is 18.3 Å². The number of amides is 1. The summed E-state index contributed by atoms with van der Waals surface area (Å²) in [5, 5.41) is 17.6. The summed E-state index contributed by atoms with van der Waals surface area (Å²) < 4.78 is 35.3. The van der Waals surface area contributed by atoms with Crippen molar-refractivity contribution in [2.45, 2.75) is 32.9 Å². The van der Waals surface area contributed by atoms with E-state index in [1.54, 1.807) is 68.0 Å². The third-order valence-corrected chi connectivity index (χ3v) is 5.87. The van der Waals surface area contributed by atoms with Gasteiger partial charge in [0.25, 0.3) is 0 Å². The van der Waals surface area contributed by atoms with Gasteiger partial charge in [0.2, 0.25) is 5.91 Å². The molecule has 1 amide bonds. The topological polar surface area (TPSA) is 76.4 Å². The third kappa shape index (κ3) is 5.33. The maximum atomic E-state index is 14.0. The van der Waals surface area contributed by atoms with Crippen LogP contribution in [0.1, 0.15) is 32.4 Å². The first-order chi connectivity index (χ1) is 16.7. The predicted octanol–water partition coefficient (Wildman–Crippen LogP) is 4.95. The van der Waals surface area contributed by atoms with Gasteiger partial charge in [-0.2, -0.15) is 5.10 Å². The Balaban J connectivity index is 1.64. The first kappa shape index (κ1) is 24.3. The van der Waals surface area contributed by atoms with Crippen LogP contribution in [0.2, 0.25) is 0 Å². The van der Waals surface area contributed by atoms with Gasteiger partial charge in [0, 0.05) is 5.39 Å². The molecule has 0 aliphatic heterocycles. The fourth-order valence-electron chi connectivity index (χ4n) is 3.71. The largest absolute Gasteiger partial charge is 0.484 e. The second kappa shape index (κ2) is 9.84. The molecular weight excluding hydrogens is 452 g/mol. The smallest absolute Gasteiger partial charge is 0.228 e. The Hall–Kier alpha value is -3.78. The fourth-order valence-corrected chi connectivity index (χ4v) is 3.71. The zero-order valence-corrected chi connectivity index (χ0v) is 19.7. The summed E-state index contributed by atoms with van der Waals surface area (Å²) in [6.45, 7) is 4.73. The minimum absolute atomic E-state index is 0.314. The van der Waals surface area contributed by atoms with Crippen LogP contribution in [0.4, 0.5) is 8.78 Å². The number of carbonyl (C=O) groups is 1. The van der Waals surface area contributed by atoms with Crippen LogP contribution in [0, 0.1) is 17.0 Å². The molecule has 182 valence electrons. The first-order valence-electron chi connectivity index (χ1n) is 11.3. The fraction of sp³-hybridized carbons (Fsp3) is 0.259. The molecule has 0 unspecified atom stereocenters. The van der Waals surface area contributed by atoms with Crippen LogP contribution >= 0.6 is 0 Å². The number of nitrogens with one attached hydrogen (secondary N) is 1. The van der Waals surface area contributed by atoms with Gasteiger partial charge in [0.1, 0.15) is 23.5 Å². The summed E-state index contributed by atoms with van der Waals surface area (Å²) in [4.78, 5) is 12.7. The number of rotatable bonds is 8. The number of hydrogen-bond donors (Lipinski definition) is 2. The monoisotopic (exact) mass is 479 g/mol. The second-order valence-corrected chi connectivity index (χ2v) is 9.15. The molecular formula is C27H27F2N3O3. The Bertz CT molecular complexity index is 1340. The SMILES string of the molecule is C[C@H](NC(=O)C(C)(C)CO)[C@H](Oc1ccc2c(cnn2-c2ccc(F)cc2)c1)c1cccc(F)c1. The zero-order valence-electron chi connectivity index (χ0n) is 19.7. The van der Waals surface area contributed by atoms with Crippen molar-refractivity contribution in [3.05, 3.63) is 90.1 Å². The summed E-state index contributed by atoms with van der Waals surface area (Å²) in [7, 11) is 0. The van der Waals surface area contributed by atoms with Crippen molar-refractivity contribution in [1.82, 2.24) is 15.1 Å². The van der Waals surface area contributed by atoms with E-state index in [0.717, 1.165) is 16.6 Å². The number of aromatic nitrogens is 2. The van der Waals surface area contributed by atoms with E-state index < -0.39 is 23.4 Å². The quantitative estimate of drug-likeness (QED) is 0.375. The standard InChI is InChI=1S/C27H27F2N3O3/c1-17(31-26(34)27(2,3)16-33)25(18-5-4-6-21(29)13-18)35-23-11-12-24-19(14-23)15-30-32(24)22-9-7-20(28)8-10-22/h4-15,17,25,33H,16H2,1-3H3,(H,31,34)/t17-,25-/m0/s1. The molecule has 2 atom stereocenters. The van der Waals surface area contributed by atoms with Gasteiger partial charge in [-0.05, 0) is 80.9 Å². The highest BCUT2D eigenvalue weighted by Crippen LogP contribution is 2.30. The van der Waals surface area contributed by atoms with Crippen molar-refractivity contribution in [1.29, 1.82) is 0 Å². The van der Waals surface area contributed by atoms with Crippen LogP contribution in [-0.4, -0.2) is 33.4 Å². The minimum Gasteiger partial charge on any atom is -0.484 e. The van der Waals surface area contributed by atoms with Gasteiger partial charge < -0.3 is 15.2 Å². The van der Waals surface area contributed by atoms with Crippen molar-refractivity contribution >= 4 is 16.8 Å². The molecule has 0 saturated heterocycles. The molecule has 2 N–H and O–H groups in total. The van der Waals surface area contributed by atoms with Gasteiger partial charge in [-0.1, -0.05) is 12.1 Å². The second-order valence-electron chi connectivity index (χ2n) is 9.15. The summed E-state index contributed by atoms with van der Waals surface area (Å²) in [6, 6.07) is 16.9. The van der Waals surface area contributed by atoms with E-state index in [2.05, 4.69) is 10.4 Å². The summed E-state index contributed by atoms with van der Waals surface area (Å²) >= 11 is 0. The predicted molar refractivity (Wildman–Crippen MR) is 129 cm³/mol. The molecule has 1 aromatic heterocycles. The van der Waals surface area contributed by atoms with Crippen molar-refractivity contribution in [3.63, 3.8) is 0 Å². The van der Waals surface area contributed by atoms with Gasteiger partial charge >= 0.3 is 0 Å². The van der Waals surface area contributed by atoms with E-state index in [1.807, 2.05) is 6.07 Å². The normalized spacial score (nSPS) is 13.4. The van der Waals surface area contributed by atoms with E-state index in [9.17, 15) is 18.7 Å². The van der Waals surface area contributed by atoms with Crippen LogP contribution in [0.3, 0.4) is 0 Å². The number of carbonyl (C=O) groups excluding carboxylic acids is 1. The lowest BCUT2D eigenvalue weighted by atomic mass is 9.92. The maximum absolute atomic E-state index is 14.0. The van der Waals surface area contributed by atoms with E-state index in [4.69, 9.17) is 4.74 Å². The molecule has 4 aromatic rings. The summed E-state index contributed by atoms with van der Waals surface area (Å²) in [6.07, 6.45) is 0.978. The third-order valence-electron chi connectivity index (χ3n) is 5.87. The number of benzene rings is 3. The van der Waals surface area contributed by atoms with Gasteiger partial charge in [-0.25, -0.2) is 13.5 Å². The summed E-state index contributed by atoms with van der Waals surface area (Å²) in [5.74, 6) is -0.573. The molecule has 0 aliphatic carbocycles. The number of nitrogens with zero attached hydrogens (tertiary/aromatic N) is 2. The number of ether oxygens (including phenoxy) is 1. The molecule has 0 fully saturated rings. The minimum atomic E-state index is -0.978. The lowest BCUT2D eigenvalue weighted by Gasteiger charge is -2.30. The van der Waals surface area contributed by atoms with E-state index >= 15 is 0 Å². The Morgan fingerprint density at radius 2 is 1.83 bits per heavy atom. The van der Waals surface area contributed by atoms with Crippen molar-refractivity contribution in [2.24, 2.45) is 5.41 Å². The molecule has 1 heterocycles. The molecule has 0 spiro atoms. The molecule has 4 rings (SSSR count). The maximum Gasteiger partial charge on any atom is 0.228 e. The zero-order chi connectivity index (χ0) is 25.2. The van der Waals surface area contributed by atoms with Crippen molar-refractivity contribution < 1.29 is 23.4 Å². The molecule has 6 nitrogen and oxygen atoms in total. The van der Waals surface area contributed by atoms with Crippen LogP contribution in [-0.2, 0) is 4.79 Å². The number of aliphatic hydroxyl groups is 1. The molecule has 3 aromatic carbocycles. The van der Waals surface area contributed by atoms with Crippen LogP contribution in [0.5, 0.6) is 5.75 Å². The average molecular weight is 480 g/mol. The van der Waals surface area contributed by atoms with Gasteiger partial charge in [-0.3, -0.25) is 4.79 Å². The molecule has 35 heavy (non-hydrogen) atoms. The lowest BCUT2D eigenvalue weighted by molar-refractivity contribution is -0.132. The lowest BCUT2D eigenvalue weighted by Crippen LogP contribution is -2.46. The molecule has 0 saturated carbocycles. The number of halogens is 2. The van der Waals surface area contributed by atoms with Crippen LogP contribution in [0.15, 0.2) is 72.9 Å². The van der Waals surface area contributed by atoms with E-state index in [1.165, 1.54) is 24.3 Å². The van der Waals surface area contributed by atoms with Crippen molar-refractivity contribution in [3.8, 4) is 11.4 Å². The summed E-state index contributed by atoms with van der Waals surface area (Å²) in [5.41, 5.74) is 1.10. The van der Waals surface area contributed by atoms with Crippen molar-refractivity contribution in [2.75, 3.05) is 6.61 Å². The highest BCUT2D eigenvalue weighted by Gasteiger charge is 2.31. The molecule has 0 radical (unpaired) electrons. The Labute approximate surface area is 202 Å². The van der Waals surface area contributed by atoms with Gasteiger partial charge in [0.05, 0.1) is 35.5 Å². The molecule has 0 bridgehead atoms. The number of aliphatic hydroxyl groups excluding tert-OH is 1. The number of hydrogen-bond acceptors (Lipinski definition) is 4. The molecule has 0 aliphatic rings. The highest BCUT2D eigenvalue weighted by molar-refractivity contribution is 5.82.